The van der Waals surface area contributed by atoms with E-state index in [1.165, 1.54) is 18.4 Å². The van der Waals surface area contributed by atoms with Crippen LogP contribution in [0.5, 0.6) is 0 Å². The van der Waals surface area contributed by atoms with Crippen molar-refractivity contribution in [3.8, 4) is 0 Å². The number of rotatable bonds is 4. The van der Waals surface area contributed by atoms with Crippen LogP contribution in [0.2, 0.25) is 0 Å². The molecule has 2 saturated heterocycles. The fourth-order valence-electron chi connectivity index (χ4n) is 4.61. The lowest BCUT2D eigenvalue weighted by Crippen LogP contribution is -2.60. The number of likely N-dealkylation sites (tertiary alicyclic amines) is 2. The zero-order chi connectivity index (χ0) is 18.1. The molecular weight excluding hydrogens is 326 g/mol. The van der Waals surface area contributed by atoms with Crippen molar-refractivity contribution in [2.24, 2.45) is 0 Å². The molecular formula is C21H29N3O2. The van der Waals surface area contributed by atoms with Gasteiger partial charge in [-0.1, -0.05) is 35.5 Å². The Morgan fingerprint density at radius 2 is 1.88 bits per heavy atom. The molecule has 5 heteroatoms. The second-order valence-electron chi connectivity index (χ2n) is 7.84. The zero-order valence-electron chi connectivity index (χ0n) is 15.8. The fourth-order valence-corrected chi connectivity index (χ4v) is 4.61. The van der Waals surface area contributed by atoms with Crippen LogP contribution in [0.15, 0.2) is 34.9 Å². The van der Waals surface area contributed by atoms with E-state index in [0.717, 1.165) is 56.2 Å². The molecule has 2 aliphatic heterocycles. The highest BCUT2D eigenvalue weighted by Crippen LogP contribution is 2.37. The van der Waals surface area contributed by atoms with Crippen LogP contribution in [0, 0.1) is 13.8 Å². The van der Waals surface area contributed by atoms with Crippen molar-refractivity contribution >= 4 is 0 Å². The van der Waals surface area contributed by atoms with E-state index in [-0.39, 0.29) is 6.04 Å². The van der Waals surface area contributed by atoms with E-state index in [4.69, 9.17) is 4.52 Å². The number of nitrogens with zero attached hydrogens (tertiary/aromatic N) is 3. The summed E-state index contributed by atoms with van der Waals surface area (Å²) in [7, 11) is 0. The molecule has 3 heterocycles. The standard InChI is InChI=1S/C21H29N3O2/c1-16-19(17(2)26-22-16)14-23-13-10-21(25,18-8-4-3-5-9-18)20(15-23)24-11-6-7-12-24/h3-5,8-9,20,25H,6-7,10-15H2,1-2H3/t20-,21+/m1/s1. The van der Waals surface area contributed by atoms with Crippen molar-refractivity contribution in [3.05, 3.63) is 52.9 Å². The summed E-state index contributed by atoms with van der Waals surface area (Å²) in [5, 5.41) is 15.8. The van der Waals surface area contributed by atoms with Crippen molar-refractivity contribution in [2.45, 2.75) is 51.3 Å². The van der Waals surface area contributed by atoms with Crippen molar-refractivity contribution in [3.63, 3.8) is 0 Å². The molecule has 1 N–H and O–H groups in total. The minimum atomic E-state index is -0.777. The van der Waals surface area contributed by atoms with E-state index in [1.54, 1.807) is 0 Å². The quantitative estimate of drug-likeness (QED) is 0.914. The molecule has 2 aliphatic rings. The Bertz CT molecular complexity index is 719. The molecule has 0 saturated carbocycles. The first kappa shape index (κ1) is 17.7. The highest BCUT2D eigenvalue weighted by atomic mass is 16.5. The van der Waals surface area contributed by atoms with E-state index in [0.29, 0.717) is 0 Å². The molecule has 0 amide bonds. The lowest BCUT2D eigenvalue weighted by atomic mass is 9.79. The van der Waals surface area contributed by atoms with Gasteiger partial charge in [0.1, 0.15) is 11.4 Å². The van der Waals surface area contributed by atoms with Gasteiger partial charge in [-0.25, -0.2) is 0 Å². The van der Waals surface area contributed by atoms with Gasteiger partial charge in [-0.15, -0.1) is 0 Å². The van der Waals surface area contributed by atoms with E-state index in [9.17, 15) is 5.11 Å². The summed E-state index contributed by atoms with van der Waals surface area (Å²) < 4.78 is 5.34. The summed E-state index contributed by atoms with van der Waals surface area (Å²) in [6.45, 7) is 8.75. The van der Waals surface area contributed by atoms with Crippen molar-refractivity contribution in [2.75, 3.05) is 26.2 Å². The molecule has 0 radical (unpaired) electrons. The first-order valence-corrected chi connectivity index (χ1v) is 9.74. The summed E-state index contributed by atoms with van der Waals surface area (Å²) in [5.74, 6) is 0.907. The summed E-state index contributed by atoms with van der Waals surface area (Å²) in [4.78, 5) is 4.94. The molecule has 5 nitrogen and oxygen atoms in total. The Hall–Kier alpha value is -1.69. The molecule has 0 bridgehead atoms. The molecule has 0 spiro atoms. The molecule has 2 atom stereocenters. The summed E-state index contributed by atoms with van der Waals surface area (Å²) in [5.41, 5.74) is 2.44. The average molecular weight is 355 g/mol. The minimum Gasteiger partial charge on any atom is -0.383 e. The Balaban J connectivity index is 1.59. The van der Waals surface area contributed by atoms with Gasteiger partial charge in [0.2, 0.25) is 0 Å². The molecule has 140 valence electrons. The van der Waals surface area contributed by atoms with Crippen molar-refractivity contribution in [1.29, 1.82) is 0 Å². The van der Waals surface area contributed by atoms with Crippen molar-refractivity contribution < 1.29 is 9.63 Å². The van der Waals surface area contributed by atoms with Crippen LogP contribution in [0.4, 0.5) is 0 Å². The highest BCUT2D eigenvalue weighted by Gasteiger charge is 2.46. The van der Waals surface area contributed by atoms with Gasteiger partial charge in [-0.2, -0.15) is 0 Å². The van der Waals surface area contributed by atoms with Crippen LogP contribution in [0.3, 0.4) is 0 Å². The van der Waals surface area contributed by atoms with Gasteiger partial charge in [-0.3, -0.25) is 9.80 Å². The first-order chi connectivity index (χ1) is 12.6. The number of aryl methyl sites for hydroxylation is 2. The summed E-state index contributed by atoms with van der Waals surface area (Å²) in [6.07, 6.45) is 3.21. The topological polar surface area (TPSA) is 52.7 Å². The SMILES string of the molecule is Cc1noc(C)c1CN1CC[C@](O)(c2ccccc2)[C@H](N2CCCC2)C1. The number of aliphatic hydroxyl groups is 1. The first-order valence-electron chi connectivity index (χ1n) is 9.74. The largest absolute Gasteiger partial charge is 0.383 e. The maximum absolute atomic E-state index is 11.7. The van der Waals surface area contributed by atoms with Crippen LogP contribution in [-0.4, -0.2) is 52.3 Å². The van der Waals surface area contributed by atoms with Gasteiger partial charge in [0, 0.05) is 25.2 Å². The molecule has 1 aromatic carbocycles. The van der Waals surface area contributed by atoms with Crippen LogP contribution in [-0.2, 0) is 12.1 Å². The second kappa shape index (κ2) is 7.14. The fraction of sp³-hybridized carbons (Fsp3) is 0.571. The number of aromatic nitrogens is 1. The van der Waals surface area contributed by atoms with Crippen LogP contribution in [0.1, 0.15) is 41.8 Å². The van der Waals surface area contributed by atoms with Crippen LogP contribution < -0.4 is 0 Å². The maximum atomic E-state index is 11.7. The van der Waals surface area contributed by atoms with E-state index in [2.05, 4.69) is 27.1 Å². The monoisotopic (exact) mass is 355 g/mol. The van der Waals surface area contributed by atoms with E-state index in [1.807, 2.05) is 32.0 Å². The van der Waals surface area contributed by atoms with Gasteiger partial charge < -0.3 is 9.63 Å². The number of hydrogen-bond acceptors (Lipinski definition) is 5. The predicted octanol–water partition coefficient (Wildman–Crippen LogP) is 2.85. The van der Waals surface area contributed by atoms with Gasteiger partial charge in [0.05, 0.1) is 11.7 Å². The Labute approximate surface area is 155 Å². The van der Waals surface area contributed by atoms with E-state index < -0.39 is 5.60 Å². The molecule has 2 aromatic rings. The number of hydrogen-bond donors (Lipinski definition) is 1. The molecule has 1 aromatic heterocycles. The lowest BCUT2D eigenvalue weighted by Gasteiger charge is -2.48. The molecule has 0 unspecified atom stereocenters. The smallest absolute Gasteiger partial charge is 0.138 e. The molecule has 2 fully saturated rings. The Kier molecular flexibility index (Phi) is 4.86. The normalized spacial score (nSPS) is 27.9. The third-order valence-corrected chi connectivity index (χ3v) is 6.21. The summed E-state index contributed by atoms with van der Waals surface area (Å²) >= 11 is 0. The zero-order valence-corrected chi connectivity index (χ0v) is 15.8. The third kappa shape index (κ3) is 3.20. The Morgan fingerprint density at radius 3 is 2.54 bits per heavy atom. The second-order valence-corrected chi connectivity index (χ2v) is 7.84. The van der Waals surface area contributed by atoms with Crippen LogP contribution >= 0.6 is 0 Å². The van der Waals surface area contributed by atoms with Gasteiger partial charge >= 0.3 is 0 Å². The predicted molar refractivity (Wildman–Crippen MR) is 101 cm³/mol. The van der Waals surface area contributed by atoms with Gasteiger partial charge in [0.25, 0.3) is 0 Å². The third-order valence-electron chi connectivity index (χ3n) is 6.21. The number of benzene rings is 1. The van der Waals surface area contributed by atoms with Gasteiger partial charge in [-0.05, 0) is 51.8 Å². The maximum Gasteiger partial charge on any atom is 0.138 e. The molecule has 4 rings (SSSR count). The van der Waals surface area contributed by atoms with Crippen LogP contribution in [0.25, 0.3) is 0 Å². The minimum absolute atomic E-state index is 0.127. The van der Waals surface area contributed by atoms with E-state index >= 15 is 0 Å². The number of piperidine rings is 1. The highest BCUT2D eigenvalue weighted by molar-refractivity contribution is 5.27. The van der Waals surface area contributed by atoms with Gasteiger partial charge in [0.15, 0.2) is 0 Å². The summed E-state index contributed by atoms with van der Waals surface area (Å²) in [6, 6.07) is 10.4. The lowest BCUT2D eigenvalue weighted by molar-refractivity contribution is -0.0959. The molecule has 0 aliphatic carbocycles. The van der Waals surface area contributed by atoms with Crippen molar-refractivity contribution in [1.82, 2.24) is 15.0 Å². The molecule has 26 heavy (non-hydrogen) atoms. The average Bonchev–Trinajstić information content (AvgIpc) is 3.30. The Morgan fingerprint density at radius 1 is 1.15 bits per heavy atom.